The molecule has 0 bridgehead atoms. The summed E-state index contributed by atoms with van der Waals surface area (Å²) in [7, 11) is 3.52. The summed E-state index contributed by atoms with van der Waals surface area (Å²) < 4.78 is 24.0. The molecule has 0 aliphatic heterocycles. The van der Waals surface area contributed by atoms with Crippen LogP contribution in [0, 0.1) is 0 Å². The number of rotatable bonds is 4. The molecule has 0 heterocycles. The minimum absolute atomic E-state index is 0.288. The Bertz CT molecular complexity index is 408. The van der Waals surface area contributed by atoms with E-state index in [1.54, 1.807) is 31.1 Å². The van der Waals surface area contributed by atoms with Crippen molar-refractivity contribution >= 4 is 17.3 Å². The standard InChI is InChI=1S/C11H15F2N3O/c1-16(2)9-4-3-7(14)5-8(9)11(17)15-6-10(12)13/h3-5,10H,6,14H2,1-2H3,(H,15,17). The Morgan fingerprint density at radius 3 is 2.65 bits per heavy atom. The van der Waals surface area contributed by atoms with E-state index in [4.69, 9.17) is 5.73 Å². The second kappa shape index (κ2) is 5.47. The van der Waals surface area contributed by atoms with E-state index in [-0.39, 0.29) is 5.56 Å². The number of nitrogens with two attached hydrogens (primary N) is 1. The fourth-order valence-corrected chi connectivity index (χ4v) is 1.39. The third-order valence-corrected chi connectivity index (χ3v) is 2.16. The molecule has 0 aliphatic rings. The van der Waals surface area contributed by atoms with E-state index in [9.17, 15) is 13.6 Å². The third-order valence-electron chi connectivity index (χ3n) is 2.16. The predicted octanol–water partition coefficient (Wildman–Crippen LogP) is 1.33. The van der Waals surface area contributed by atoms with Gasteiger partial charge in [-0.05, 0) is 18.2 Å². The van der Waals surface area contributed by atoms with E-state index in [0.29, 0.717) is 11.4 Å². The molecule has 0 aliphatic carbocycles. The lowest BCUT2D eigenvalue weighted by atomic mass is 10.1. The van der Waals surface area contributed by atoms with Crippen LogP contribution in [0.1, 0.15) is 10.4 Å². The molecule has 0 unspecified atom stereocenters. The van der Waals surface area contributed by atoms with Gasteiger partial charge in [0, 0.05) is 25.5 Å². The molecule has 6 heteroatoms. The minimum atomic E-state index is -2.57. The summed E-state index contributed by atoms with van der Waals surface area (Å²) in [5.74, 6) is -0.554. The summed E-state index contributed by atoms with van der Waals surface area (Å²) >= 11 is 0. The Morgan fingerprint density at radius 2 is 2.12 bits per heavy atom. The van der Waals surface area contributed by atoms with Crippen molar-refractivity contribution in [2.45, 2.75) is 6.43 Å². The van der Waals surface area contributed by atoms with Gasteiger partial charge in [-0.3, -0.25) is 4.79 Å². The van der Waals surface area contributed by atoms with Crippen LogP contribution in [0.2, 0.25) is 0 Å². The molecule has 0 saturated heterocycles. The van der Waals surface area contributed by atoms with Crippen molar-refractivity contribution < 1.29 is 13.6 Å². The third kappa shape index (κ3) is 3.58. The molecule has 3 N–H and O–H groups in total. The second-order valence-corrected chi connectivity index (χ2v) is 3.77. The summed E-state index contributed by atoms with van der Waals surface area (Å²) in [6.07, 6.45) is -2.57. The first-order chi connectivity index (χ1) is 7.91. The molecule has 0 saturated carbocycles. The van der Waals surface area contributed by atoms with Crippen LogP contribution in [0.25, 0.3) is 0 Å². The monoisotopic (exact) mass is 243 g/mol. The smallest absolute Gasteiger partial charge is 0.255 e. The van der Waals surface area contributed by atoms with Gasteiger partial charge in [0.25, 0.3) is 12.3 Å². The van der Waals surface area contributed by atoms with Crippen molar-refractivity contribution in [1.82, 2.24) is 5.32 Å². The number of anilines is 2. The Morgan fingerprint density at radius 1 is 1.47 bits per heavy atom. The van der Waals surface area contributed by atoms with Crippen molar-refractivity contribution in [2.75, 3.05) is 31.3 Å². The number of nitrogens with one attached hydrogen (secondary N) is 1. The quantitative estimate of drug-likeness (QED) is 0.784. The van der Waals surface area contributed by atoms with Gasteiger partial charge in [0.2, 0.25) is 0 Å². The Hall–Kier alpha value is -1.85. The van der Waals surface area contributed by atoms with Crippen molar-refractivity contribution in [1.29, 1.82) is 0 Å². The zero-order valence-electron chi connectivity index (χ0n) is 9.71. The highest BCUT2D eigenvalue weighted by atomic mass is 19.3. The number of carbonyl (C=O) groups is 1. The maximum absolute atomic E-state index is 12.0. The Balaban J connectivity index is 2.94. The number of nitrogen functional groups attached to an aromatic ring is 1. The number of nitrogens with zero attached hydrogens (tertiary/aromatic N) is 1. The maximum Gasteiger partial charge on any atom is 0.255 e. The van der Waals surface area contributed by atoms with E-state index in [0.717, 1.165) is 0 Å². The van der Waals surface area contributed by atoms with Crippen molar-refractivity contribution in [3.8, 4) is 0 Å². The molecule has 1 aromatic carbocycles. The molecule has 17 heavy (non-hydrogen) atoms. The second-order valence-electron chi connectivity index (χ2n) is 3.77. The molecular weight excluding hydrogens is 228 g/mol. The molecule has 0 fully saturated rings. The summed E-state index contributed by atoms with van der Waals surface area (Å²) in [5.41, 5.74) is 6.91. The van der Waals surface area contributed by atoms with Crippen molar-refractivity contribution in [2.24, 2.45) is 0 Å². The summed E-state index contributed by atoms with van der Waals surface area (Å²) in [4.78, 5) is 13.4. The topological polar surface area (TPSA) is 58.4 Å². The number of halogens is 2. The average Bonchev–Trinajstić information content (AvgIpc) is 2.25. The molecule has 0 radical (unpaired) electrons. The van der Waals surface area contributed by atoms with E-state index in [1.165, 1.54) is 6.07 Å². The molecule has 1 aromatic rings. The molecule has 0 atom stereocenters. The average molecular weight is 243 g/mol. The lowest BCUT2D eigenvalue weighted by Gasteiger charge is -2.17. The van der Waals surface area contributed by atoms with Gasteiger partial charge in [0.15, 0.2) is 0 Å². The fraction of sp³-hybridized carbons (Fsp3) is 0.364. The fourth-order valence-electron chi connectivity index (χ4n) is 1.39. The van der Waals surface area contributed by atoms with Gasteiger partial charge in [0.05, 0.1) is 12.1 Å². The summed E-state index contributed by atoms with van der Waals surface area (Å²) in [6.45, 7) is -0.666. The van der Waals surface area contributed by atoms with Gasteiger partial charge in [-0.15, -0.1) is 0 Å². The minimum Gasteiger partial charge on any atom is -0.399 e. The zero-order chi connectivity index (χ0) is 13.0. The molecule has 1 rings (SSSR count). The molecule has 1 amide bonds. The van der Waals surface area contributed by atoms with Gasteiger partial charge in [-0.1, -0.05) is 0 Å². The number of amides is 1. The van der Waals surface area contributed by atoms with Gasteiger partial charge in [0.1, 0.15) is 0 Å². The highest BCUT2D eigenvalue weighted by molar-refractivity contribution is 6.00. The van der Waals surface area contributed by atoms with Gasteiger partial charge in [-0.2, -0.15) is 0 Å². The van der Waals surface area contributed by atoms with Gasteiger partial charge >= 0.3 is 0 Å². The molecule has 0 spiro atoms. The molecule has 94 valence electrons. The van der Waals surface area contributed by atoms with E-state index < -0.39 is 18.9 Å². The van der Waals surface area contributed by atoms with E-state index in [1.807, 2.05) is 0 Å². The first kappa shape index (κ1) is 13.2. The summed E-state index contributed by atoms with van der Waals surface area (Å²) in [6, 6.07) is 4.79. The highest BCUT2D eigenvalue weighted by Gasteiger charge is 2.14. The number of alkyl halides is 2. The largest absolute Gasteiger partial charge is 0.399 e. The predicted molar refractivity (Wildman–Crippen MR) is 63.5 cm³/mol. The van der Waals surface area contributed by atoms with Crippen LogP contribution in [0.4, 0.5) is 20.2 Å². The van der Waals surface area contributed by atoms with Crippen LogP contribution in [-0.4, -0.2) is 33.0 Å². The lowest BCUT2D eigenvalue weighted by molar-refractivity contribution is 0.0892. The van der Waals surface area contributed by atoms with Crippen LogP contribution in [0.3, 0.4) is 0 Å². The van der Waals surface area contributed by atoms with E-state index >= 15 is 0 Å². The van der Waals surface area contributed by atoms with Crippen LogP contribution in [-0.2, 0) is 0 Å². The first-order valence-corrected chi connectivity index (χ1v) is 5.05. The van der Waals surface area contributed by atoms with Crippen molar-refractivity contribution in [3.05, 3.63) is 23.8 Å². The number of hydrogen-bond donors (Lipinski definition) is 2. The Labute approximate surface area is 98.4 Å². The number of carbonyl (C=O) groups excluding carboxylic acids is 1. The maximum atomic E-state index is 12.0. The van der Waals surface area contributed by atoms with Crippen LogP contribution in [0.15, 0.2) is 18.2 Å². The van der Waals surface area contributed by atoms with Crippen LogP contribution >= 0.6 is 0 Å². The van der Waals surface area contributed by atoms with Gasteiger partial charge in [-0.25, -0.2) is 8.78 Å². The number of hydrogen-bond acceptors (Lipinski definition) is 3. The van der Waals surface area contributed by atoms with Crippen LogP contribution < -0.4 is 16.0 Å². The molecule has 0 aromatic heterocycles. The Kier molecular flexibility index (Phi) is 4.25. The SMILES string of the molecule is CN(C)c1ccc(N)cc1C(=O)NCC(F)F. The lowest BCUT2D eigenvalue weighted by Crippen LogP contribution is -2.30. The highest BCUT2D eigenvalue weighted by Crippen LogP contribution is 2.21. The molecule has 4 nitrogen and oxygen atoms in total. The summed E-state index contributed by atoms with van der Waals surface area (Å²) in [5, 5.41) is 2.15. The number of benzene rings is 1. The first-order valence-electron chi connectivity index (χ1n) is 5.05. The zero-order valence-corrected chi connectivity index (χ0v) is 9.71. The normalized spacial score (nSPS) is 10.4. The molecular formula is C11H15F2N3O. The van der Waals surface area contributed by atoms with Crippen molar-refractivity contribution in [3.63, 3.8) is 0 Å². The van der Waals surface area contributed by atoms with Gasteiger partial charge < -0.3 is 16.0 Å². The van der Waals surface area contributed by atoms with E-state index in [2.05, 4.69) is 5.32 Å². The van der Waals surface area contributed by atoms with Crippen LogP contribution in [0.5, 0.6) is 0 Å².